The van der Waals surface area contributed by atoms with Gasteiger partial charge in [0.25, 0.3) is 0 Å². The van der Waals surface area contributed by atoms with Crippen LogP contribution in [0.3, 0.4) is 0 Å². The average Bonchev–Trinajstić information content (AvgIpc) is 3.30. The highest BCUT2D eigenvalue weighted by Gasteiger charge is 2.32. The van der Waals surface area contributed by atoms with Crippen molar-refractivity contribution in [3.8, 4) is 0 Å². The predicted octanol–water partition coefficient (Wildman–Crippen LogP) is 3.35. The molecule has 1 fully saturated rings. The molecule has 0 radical (unpaired) electrons. The number of carbonyl (C=O) groups excluding carboxylic acids is 2. The van der Waals surface area contributed by atoms with Crippen LogP contribution in [0.1, 0.15) is 38.2 Å². The van der Waals surface area contributed by atoms with E-state index in [2.05, 4.69) is 5.32 Å². The number of rotatable bonds is 9. The maximum absolute atomic E-state index is 14.4. The number of nitrogens with zero attached hydrogens (tertiary/aromatic N) is 2. The number of halogens is 3. The van der Waals surface area contributed by atoms with Gasteiger partial charge < -0.3 is 10.2 Å². The normalized spacial score (nSPS) is 15.0. The number of amides is 2. The molecule has 0 aromatic heterocycles. The van der Waals surface area contributed by atoms with Gasteiger partial charge in [0.15, 0.2) is 11.6 Å². The number of hydrogen-bond donors (Lipinski definition) is 1. The molecule has 2 aromatic carbocycles. The number of sulfonamides is 1. The van der Waals surface area contributed by atoms with Gasteiger partial charge in [0.1, 0.15) is 18.4 Å². The smallest absolute Gasteiger partial charge is 0.244 e. The van der Waals surface area contributed by atoms with Crippen LogP contribution in [-0.4, -0.2) is 50.0 Å². The summed E-state index contributed by atoms with van der Waals surface area (Å²) in [6.07, 6.45) is 4.41. The van der Waals surface area contributed by atoms with Crippen molar-refractivity contribution in [1.82, 2.24) is 10.2 Å². The summed E-state index contributed by atoms with van der Waals surface area (Å²) >= 11 is 0. The summed E-state index contributed by atoms with van der Waals surface area (Å²) in [4.78, 5) is 27.4. The fourth-order valence-corrected chi connectivity index (χ4v) is 4.88. The van der Waals surface area contributed by atoms with Gasteiger partial charge >= 0.3 is 0 Å². The van der Waals surface area contributed by atoms with Gasteiger partial charge in [-0.15, -0.1) is 0 Å². The summed E-state index contributed by atoms with van der Waals surface area (Å²) in [5, 5.41) is 2.89. The Balaban J connectivity index is 1.90. The monoisotopic (exact) mass is 511 g/mol. The maximum atomic E-state index is 14.4. The van der Waals surface area contributed by atoms with Gasteiger partial charge in [-0.1, -0.05) is 31.0 Å². The Bertz CT molecular complexity index is 1190. The van der Waals surface area contributed by atoms with Gasteiger partial charge in [-0.2, -0.15) is 0 Å². The number of nitrogens with one attached hydrogen (secondary N) is 1. The first-order chi connectivity index (χ1) is 16.5. The van der Waals surface area contributed by atoms with Crippen LogP contribution < -0.4 is 9.62 Å². The summed E-state index contributed by atoms with van der Waals surface area (Å²) in [7, 11) is -4.10. The molecule has 0 spiro atoms. The van der Waals surface area contributed by atoms with Crippen LogP contribution in [0.2, 0.25) is 0 Å². The minimum absolute atomic E-state index is 0.0231. The van der Waals surface area contributed by atoms with Crippen molar-refractivity contribution in [3.63, 3.8) is 0 Å². The molecule has 0 saturated heterocycles. The topological polar surface area (TPSA) is 86.8 Å². The van der Waals surface area contributed by atoms with Crippen LogP contribution in [0, 0.1) is 17.5 Å². The lowest BCUT2D eigenvalue weighted by Gasteiger charge is -2.32. The van der Waals surface area contributed by atoms with Crippen LogP contribution >= 0.6 is 0 Å². The molecule has 1 aliphatic carbocycles. The fourth-order valence-electron chi connectivity index (χ4n) is 4.04. The van der Waals surface area contributed by atoms with Gasteiger partial charge in [0, 0.05) is 24.2 Å². The molecule has 11 heteroatoms. The molecular weight excluding hydrogens is 483 g/mol. The molecule has 1 saturated carbocycles. The fraction of sp³-hybridized carbons (Fsp3) is 0.417. The van der Waals surface area contributed by atoms with Gasteiger partial charge in [-0.25, -0.2) is 21.6 Å². The molecule has 0 unspecified atom stereocenters. The Kier molecular flexibility index (Phi) is 8.42. The van der Waals surface area contributed by atoms with Crippen LogP contribution in [-0.2, 0) is 26.2 Å². The minimum Gasteiger partial charge on any atom is -0.352 e. The number of benzene rings is 2. The molecule has 0 heterocycles. The number of anilines is 1. The lowest BCUT2D eigenvalue weighted by Crippen LogP contribution is -2.52. The Hall–Kier alpha value is -3.08. The molecular formula is C24H28F3N3O4S. The number of carbonyl (C=O) groups is 2. The quantitative estimate of drug-likeness (QED) is 0.560. The zero-order valence-electron chi connectivity index (χ0n) is 19.5. The van der Waals surface area contributed by atoms with Crippen molar-refractivity contribution in [2.45, 2.75) is 51.2 Å². The molecule has 35 heavy (non-hydrogen) atoms. The van der Waals surface area contributed by atoms with Crippen LogP contribution in [0.25, 0.3) is 0 Å². The summed E-state index contributed by atoms with van der Waals surface area (Å²) in [6.45, 7) is 0.394. The van der Waals surface area contributed by atoms with Crippen molar-refractivity contribution in [2.75, 3.05) is 17.1 Å². The summed E-state index contributed by atoms with van der Waals surface area (Å²) in [5.41, 5.74) is -0.117. The first-order valence-electron chi connectivity index (χ1n) is 11.2. The van der Waals surface area contributed by atoms with E-state index in [1.807, 2.05) is 0 Å². The van der Waals surface area contributed by atoms with Gasteiger partial charge in [-0.3, -0.25) is 13.9 Å². The van der Waals surface area contributed by atoms with Crippen molar-refractivity contribution < 1.29 is 31.2 Å². The third-order valence-corrected chi connectivity index (χ3v) is 7.18. The zero-order chi connectivity index (χ0) is 25.8. The second-order valence-corrected chi connectivity index (χ2v) is 10.6. The number of hydrogen-bond acceptors (Lipinski definition) is 4. The second-order valence-electron chi connectivity index (χ2n) is 8.65. The minimum atomic E-state index is -4.10. The Morgan fingerprint density at radius 3 is 2.29 bits per heavy atom. The molecule has 0 aliphatic heterocycles. The molecule has 7 nitrogen and oxygen atoms in total. The molecule has 3 rings (SSSR count). The van der Waals surface area contributed by atoms with Crippen molar-refractivity contribution in [3.05, 3.63) is 65.5 Å². The molecule has 1 N–H and O–H groups in total. The summed E-state index contributed by atoms with van der Waals surface area (Å²) in [5.74, 6) is -4.30. The van der Waals surface area contributed by atoms with E-state index in [9.17, 15) is 31.2 Å². The van der Waals surface area contributed by atoms with Crippen LogP contribution in [0.15, 0.2) is 42.5 Å². The molecule has 2 amide bonds. The molecule has 2 aromatic rings. The highest BCUT2D eigenvalue weighted by molar-refractivity contribution is 7.92. The average molecular weight is 512 g/mol. The maximum Gasteiger partial charge on any atom is 0.244 e. The Labute approximate surface area is 203 Å². The van der Waals surface area contributed by atoms with Crippen LogP contribution in [0.4, 0.5) is 18.9 Å². The van der Waals surface area contributed by atoms with E-state index in [0.717, 1.165) is 49.0 Å². The van der Waals surface area contributed by atoms with Crippen LogP contribution in [0.5, 0.6) is 0 Å². The lowest BCUT2D eigenvalue weighted by molar-refractivity contribution is -0.139. The van der Waals surface area contributed by atoms with Gasteiger partial charge in [-0.05, 0) is 38.0 Å². The first-order valence-corrected chi connectivity index (χ1v) is 13.1. The van der Waals surface area contributed by atoms with E-state index in [-0.39, 0.29) is 23.8 Å². The largest absolute Gasteiger partial charge is 0.352 e. The summed E-state index contributed by atoms with van der Waals surface area (Å²) < 4.78 is 67.1. The van der Waals surface area contributed by atoms with Crippen molar-refractivity contribution >= 4 is 27.5 Å². The highest BCUT2D eigenvalue weighted by Crippen LogP contribution is 2.22. The predicted molar refractivity (Wildman–Crippen MR) is 125 cm³/mol. The third-order valence-electron chi connectivity index (χ3n) is 6.04. The zero-order valence-corrected chi connectivity index (χ0v) is 20.3. The molecule has 1 aliphatic rings. The van der Waals surface area contributed by atoms with E-state index >= 15 is 0 Å². The molecule has 0 bridgehead atoms. The van der Waals surface area contributed by atoms with E-state index in [4.69, 9.17) is 0 Å². The van der Waals surface area contributed by atoms with E-state index in [1.54, 1.807) is 6.07 Å². The highest BCUT2D eigenvalue weighted by atomic mass is 32.2. The Morgan fingerprint density at radius 1 is 1.03 bits per heavy atom. The molecule has 190 valence electrons. The summed E-state index contributed by atoms with van der Waals surface area (Å²) in [6, 6.07) is 7.11. The van der Waals surface area contributed by atoms with Crippen molar-refractivity contribution in [1.29, 1.82) is 0 Å². The van der Waals surface area contributed by atoms with E-state index < -0.39 is 51.9 Å². The van der Waals surface area contributed by atoms with Gasteiger partial charge in [0.2, 0.25) is 21.8 Å². The standard InChI is InChI=1S/C24H28F3N3O4S/c1-16(24(32)28-18-8-4-5-9-18)29(14-17-7-3-6-10-20(17)25)23(31)15-30(35(2,33)34)19-11-12-21(26)22(27)13-19/h3,6-7,10-13,16,18H,4-5,8-9,14-15H2,1-2H3,(H,28,32)/t16-/m0/s1. The first kappa shape index (κ1) is 26.5. The lowest BCUT2D eigenvalue weighted by atomic mass is 10.1. The van der Waals surface area contributed by atoms with Gasteiger partial charge in [0.05, 0.1) is 11.9 Å². The SMILES string of the molecule is C[C@@H](C(=O)NC1CCCC1)N(Cc1ccccc1F)C(=O)CN(c1ccc(F)c(F)c1)S(C)(=O)=O. The Morgan fingerprint density at radius 2 is 1.69 bits per heavy atom. The second kappa shape index (κ2) is 11.1. The third kappa shape index (κ3) is 6.74. The van der Waals surface area contributed by atoms with E-state index in [0.29, 0.717) is 10.4 Å². The molecule has 1 atom stereocenters. The van der Waals surface area contributed by atoms with Crippen molar-refractivity contribution in [2.24, 2.45) is 0 Å². The van der Waals surface area contributed by atoms with E-state index in [1.165, 1.54) is 25.1 Å².